The van der Waals surface area contributed by atoms with Crippen LogP contribution < -0.4 is 4.74 Å². The van der Waals surface area contributed by atoms with Gasteiger partial charge in [-0.15, -0.1) is 0 Å². The molecular weight excluding hydrogens is 267 g/mol. The molecule has 2 aromatic carbocycles. The van der Waals surface area contributed by atoms with Gasteiger partial charge in [0, 0.05) is 17.8 Å². The van der Waals surface area contributed by atoms with Crippen LogP contribution in [-0.2, 0) is 0 Å². The lowest BCUT2D eigenvalue weighted by Gasteiger charge is -2.14. The van der Waals surface area contributed by atoms with Gasteiger partial charge in [-0.2, -0.15) is 5.10 Å². The highest BCUT2D eigenvalue weighted by molar-refractivity contribution is 5.64. The minimum Gasteiger partial charge on any atom is -0.484 e. The van der Waals surface area contributed by atoms with Gasteiger partial charge in [0.1, 0.15) is 17.7 Å². The summed E-state index contributed by atoms with van der Waals surface area (Å²) in [6.07, 6.45) is 1.45. The standard InChI is InChI=1S/C17H15FN2O/c1-12(17-9-10-19-20-17)21-14-7-8-15(16(18)11-14)13-5-3-2-4-6-13/h2-12H,1H3,(H,19,20)/t12-/m1/s1. The Labute approximate surface area is 122 Å². The van der Waals surface area contributed by atoms with Crippen LogP contribution in [0.4, 0.5) is 4.39 Å². The summed E-state index contributed by atoms with van der Waals surface area (Å²) in [5, 5.41) is 6.72. The van der Waals surface area contributed by atoms with E-state index >= 15 is 0 Å². The van der Waals surface area contributed by atoms with E-state index in [-0.39, 0.29) is 11.9 Å². The molecule has 21 heavy (non-hydrogen) atoms. The maximum absolute atomic E-state index is 14.2. The van der Waals surface area contributed by atoms with Crippen LogP contribution in [0.1, 0.15) is 18.7 Å². The smallest absolute Gasteiger partial charge is 0.137 e. The Morgan fingerprint density at radius 3 is 2.57 bits per heavy atom. The zero-order valence-corrected chi connectivity index (χ0v) is 11.6. The van der Waals surface area contributed by atoms with E-state index in [1.165, 1.54) is 6.07 Å². The van der Waals surface area contributed by atoms with Crippen molar-refractivity contribution in [2.24, 2.45) is 0 Å². The number of nitrogens with one attached hydrogen (secondary N) is 1. The highest BCUT2D eigenvalue weighted by Gasteiger charge is 2.11. The maximum Gasteiger partial charge on any atom is 0.137 e. The van der Waals surface area contributed by atoms with E-state index in [2.05, 4.69) is 10.2 Å². The SMILES string of the molecule is C[C@@H](Oc1ccc(-c2ccccc2)c(F)c1)c1ccn[nH]1. The zero-order valence-electron chi connectivity index (χ0n) is 11.6. The summed E-state index contributed by atoms with van der Waals surface area (Å²) >= 11 is 0. The van der Waals surface area contributed by atoms with Crippen molar-refractivity contribution in [1.82, 2.24) is 10.2 Å². The molecule has 0 saturated carbocycles. The van der Waals surface area contributed by atoms with Crippen LogP contribution in [0.3, 0.4) is 0 Å². The average Bonchev–Trinajstić information content (AvgIpc) is 3.02. The van der Waals surface area contributed by atoms with E-state index in [4.69, 9.17) is 4.74 Å². The van der Waals surface area contributed by atoms with Crippen molar-refractivity contribution >= 4 is 0 Å². The van der Waals surface area contributed by atoms with Gasteiger partial charge in [0.25, 0.3) is 0 Å². The number of aromatic nitrogens is 2. The molecule has 3 aromatic rings. The third-order valence-corrected chi connectivity index (χ3v) is 3.30. The monoisotopic (exact) mass is 282 g/mol. The van der Waals surface area contributed by atoms with Gasteiger partial charge in [0.2, 0.25) is 0 Å². The van der Waals surface area contributed by atoms with Crippen molar-refractivity contribution in [2.45, 2.75) is 13.0 Å². The molecule has 1 atom stereocenters. The molecule has 0 aliphatic carbocycles. The lowest BCUT2D eigenvalue weighted by atomic mass is 10.1. The van der Waals surface area contributed by atoms with Crippen LogP contribution in [0.25, 0.3) is 11.1 Å². The lowest BCUT2D eigenvalue weighted by molar-refractivity contribution is 0.221. The molecule has 0 amide bonds. The van der Waals surface area contributed by atoms with Crippen LogP contribution in [0.5, 0.6) is 5.75 Å². The minimum atomic E-state index is -0.296. The summed E-state index contributed by atoms with van der Waals surface area (Å²) in [5.74, 6) is 0.199. The van der Waals surface area contributed by atoms with Crippen LogP contribution >= 0.6 is 0 Å². The number of nitrogens with zero attached hydrogens (tertiary/aromatic N) is 1. The Morgan fingerprint density at radius 1 is 1.10 bits per heavy atom. The molecular formula is C17H15FN2O. The summed E-state index contributed by atoms with van der Waals surface area (Å²) < 4.78 is 19.9. The van der Waals surface area contributed by atoms with Gasteiger partial charge >= 0.3 is 0 Å². The molecule has 3 nitrogen and oxygen atoms in total. The van der Waals surface area contributed by atoms with Crippen molar-refractivity contribution in [3.8, 4) is 16.9 Å². The first kappa shape index (κ1) is 13.4. The van der Waals surface area contributed by atoms with Crippen molar-refractivity contribution < 1.29 is 9.13 Å². The molecule has 0 saturated heterocycles. The second-order valence-corrected chi connectivity index (χ2v) is 4.78. The quantitative estimate of drug-likeness (QED) is 0.772. The number of rotatable bonds is 4. The molecule has 1 aromatic heterocycles. The number of benzene rings is 2. The van der Waals surface area contributed by atoms with E-state index in [0.29, 0.717) is 11.3 Å². The zero-order chi connectivity index (χ0) is 14.7. The summed E-state index contributed by atoms with van der Waals surface area (Å²) in [6, 6.07) is 16.2. The van der Waals surface area contributed by atoms with Gasteiger partial charge in [0.15, 0.2) is 0 Å². The molecule has 0 aliphatic rings. The Hall–Kier alpha value is -2.62. The van der Waals surface area contributed by atoms with Gasteiger partial charge in [-0.25, -0.2) is 4.39 Å². The highest BCUT2D eigenvalue weighted by atomic mass is 19.1. The van der Waals surface area contributed by atoms with E-state index in [0.717, 1.165) is 11.3 Å². The Kier molecular flexibility index (Phi) is 3.69. The van der Waals surface area contributed by atoms with Gasteiger partial charge in [-0.05, 0) is 30.7 Å². The second kappa shape index (κ2) is 5.79. The first-order chi connectivity index (χ1) is 10.2. The fraction of sp³-hybridized carbons (Fsp3) is 0.118. The third kappa shape index (κ3) is 2.94. The van der Waals surface area contributed by atoms with Gasteiger partial charge in [-0.1, -0.05) is 30.3 Å². The summed E-state index contributed by atoms with van der Waals surface area (Å²) in [4.78, 5) is 0. The largest absolute Gasteiger partial charge is 0.484 e. The highest BCUT2D eigenvalue weighted by Crippen LogP contribution is 2.28. The molecule has 4 heteroatoms. The van der Waals surface area contributed by atoms with Gasteiger partial charge < -0.3 is 4.74 Å². The Bertz CT molecular complexity index is 711. The predicted molar refractivity (Wildman–Crippen MR) is 79.5 cm³/mol. The van der Waals surface area contributed by atoms with E-state index < -0.39 is 0 Å². The molecule has 0 fully saturated rings. The van der Waals surface area contributed by atoms with Crippen LogP contribution in [-0.4, -0.2) is 10.2 Å². The average molecular weight is 282 g/mol. The molecule has 0 bridgehead atoms. The topological polar surface area (TPSA) is 37.9 Å². The van der Waals surface area contributed by atoms with Crippen LogP contribution in [0.15, 0.2) is 60.8 Å². The molecule has 106 valence electrons. The van der Waals surface area contributed by atoms with Crippen molar-refractivity contribution in [1.29, 1.82) is 0 Å². The lowest BCUT2D eigenvalue weighted by Crippen LogP contribution is -2.04. The van der Waals surface area contributed by atoms with Gasteiger partial charge in [-0.3, -0.25) is 5.10 Å². The number of halogens is 1. The summed E-state index contributed by atoms with van der Waals surface area (Å²) in [7, 11) is 0. The summed E-state index contributed by atoms with van der Waals surface area (Å²) in [5.41, 5.74) is 2.27. The fourth-order valence-corrected chi connectivity index (χ4v) is 2.18. The van der Waals surface area contributed by atoms with Crippen LogP contribution in [0.2, 0.25) is 0 Å². The minimum absolute atomic E-state index is 0.213. The molecule has 1 N–H and O–H groups in total. The van der Waals surface area contributed by atoms with E-state index in [1.807, 2.05) is 43.3 Å². The van der Waals surface area contributed by atoms with E-state index in [1.54, 1.807) is 18.3 Å². The van der Waals surface area contributed by atoms with Crippen molar-refractivity contribution in [3.63, 3.8) is 0 Å². The number of aromatic amines is 1. The first-order valence-electron chi connectivity index (χ1n) is 6.75. The van der Waals surface area contributed by atoms with E-state index in [9.17, 15) is 4.39 Å². The number of hydrogen-bond acceptors (Lipinski definition) is 2. The number of ether oxygens (including phenoxy) is 1. The fourth-order valence-electron chi connectivity index (χ4n) is 2.18. The number of H-pyrrole nitrogens is 1. The molecule has 0 aliphatic heterocycles. The second-order valence-electron chi connectivity index (χ2n) is 4.78. The Morgan fingerprint density at radius 2 is 1.90 bits per heavy atom. The summed E-state index contributed by atoms with van der Waals surface area (Å²) in [6.45, 7) is 1.89. The molecule has 3 rings (SSSR count). The number of hydrogen-bond donors (Lipinski definition) is 1. The maximum atomic E-state index is 14.2. The first-order valence-corrected chi connectivity index (χ1v) is 6.75. The van der Waals surface area contributed by atoms with Crippen molar-refractivity contribution in [2.75, 3.05) is 0 Å². The molecule has 0 unspecified atom stereocenters. The van der Waals surface area contributed by atoms with Crippen LogP contribution in [0, 0.1) is 5.82 Å². The normalized spacial score (nSPS) is 12.1. The molecule has 1 heterocycles. The van der Waals surface area contributed by atoms with Crippen molar-refractivity contribution in [3.05, 3.63) is 72.3 Å². The van der Waals surface area contributed by atoms with Gasteiger partial charge in [0.05, 0.1) is 5.69 Å². The third-order valence-electron chi connectivity index (χ3n) is 3.30. The predicted octanol–water partition coefficient (Wildman–Crippen LogP) is 4.36. The Balaban J connectivity index is 1.82. The molecule has 0 radical (unpaired) electrons. The molecule has 0 spiro atoms.